The number of halogens is 1. The van der Waals surface area contributed by atoms with Crippen molar-refractivity contribution in [2.45, 2.75) is 6.92 Å². The molecule has 0 atom stereocenters. The van der Waals surface area contributed by atoms with Crippen molar-refractivity contribution in [3.63, 3.8) is 0 Å². The third kappa shape index (κ3) is 3.51. The molecule has 128 valence electrons. The number of para-hydroxylation sites is 1. The minimum Gasteiger partial charge on any atom is -0.440 e. The van der Waals surface area contributed by atoms with Crippen LogP contribution in [-0.2, 0) is 0 Å². The molecule has 4 aromatic rings. The SMILES string of the molecule is Cc1ccc(N(c2ccccc2)c2ccc(-c3ccc(I)nc3)o2)cc1. The van der Waals surface area contributed by atoms with Crippen molar-refractivity contribution < 1.29 is 4.42 Å². The van der Waals surface area contributed by atoms with Gasteiger partial charge in [-0.2, -0.15) is 0 Å². The van der Waals surface area contributed by atoms with Crippen molar-refractivity contribution in [3.8, 4) is 11.3 Å². The van der Waals surface area contributed by atoms with Crippen LogP contribution >= 0.6 is 22.6 Å². The van der Waals surface area contributed by atoms with Gasteiger partial charge in [-0.05, 0) is 72.0 Å². The van der Waals surface area contributed by atoms with Crippen LogP contribution < -0.4 is 4.90 Å². The smallest absolute Gasteiger partial charge is 0.205 e. The van der Waals surface area contributed by atoms with Crippen LogP contribution in [0.15, 0.2) is 89.5 Å². The molecule has 0 radical (unpaired) electrons. The van der Waals surface area contributed by atoms with Gasteiger partial charge in [-0.1, -0.05) is 35.9 Å². The van der Waals surface area contributed by atoms with E-state index in [1.54, 1.807) is 0 Å². The number of furan rings is 1. The lowest BCUT2D eigenvalue weighted by Gasteiger charge is -2.22. The molecule has 3 nitrogen and oxygen atoms in total. The first kappa shape index (κ1) is 16.8. The van der Waals surface area contributed by atoms with E-state index >= 15 is 0 Å². The van der Waals surface area contributed by atoms with Crippen molar-refractivity contribution in [1.82, 2.24) is 4.98 Å². The second-order valence-corrected chi connectivity index (χ2v) is 7.12. The molecule has 2 aromatic heterocycles. The summed E-state index contributed by atoms with van der Waals surface area (Å²) < 4.78 is 7.16. The Hall–Kier alpha value is -2.60. The Bertz CT molecular complexity index is 993. The zero-order valence-electron chi connectivity index (χ0n) is 14.3. The average Bonchev–Trinajstić information content (AvgIpc) is 3.15. The Labute approximate surface area is 166 Å². The second kappa shape index (κ2) is 7.33. The summed E-state index contributed by atoms with van der Waals surface area (Å²) in [6.07, 6.45) is 1.84. The molecule has 0 unspecified atom stereocenters. The molecule has 0 aliphatic rings. The van der Waals surface area contributed by atoms with Gasteiger partial charge in [0.25, 0.3) is 0 Å². The van der Waals surface area contributed by atoms with E-state index in [0.717, 1.165) is 32.3 Å². The van der Waals surface area contributed by atoms with Crippen molar-refractivity contribution in [2.24, 2.45) is 0 Å². The van der Waals surface area contributed by atoms with E-state index in [9.17, 15) is 0 Å². The van der Waals surface area contributed by atoms with Crippen LogP contribution in [0.25, 0.3) is 11.3 Å². The maximum atomic E-state index is 6.19. The molecule has 0 bridgehead atoms. The Morgan fingerprint density at radius 2 is 1.54 bits per heavy atom. The molecular formula is C22H17IN2O. The van der Waals surface area contributed by atoms with Crippen LogP contribution in [0, 0.1) is 10.6 Å². The third-order valence-corrected chi connectivity index (χ3v) is 4.77. The van der Waals surface area contributed by atoms with Gasteiger partial charge in [-0.15, -0.1) is 0 Å². The van der Waals surface area contributed by atoms with Crippen LogP contribution in [-0.4, -0.2) is 4.98 Å². The van der Waals surface area contributed by atoms with Gasteiger partial charge in [0.2, 0.25) is 5.88 Å². The molecule has 0 aliphatic heterocycles. The normalized spacial score (nSPS) is 10.7. The monoisotopic (exact) mass is 452 g/mol. The Morgan fingerprint density at radius 1 is 0.808 bits per heavy atom. The van der Waals surface area contributed by atoms with E-state index < -0.39 is 0 Å². The summed E-state index contributed by atoms with van der Waals surface area (Å²) in [5, 5.41) is 0. The molecule has 2 heterocycles. The Morgan fingerprint density at radius 3 is 2.23 bits per heavy atom. The van der Waals surface area contributed by atoms with Gasteiger partial charge >= 0.3 is 0 Å². The molecule has 2 aromatic carbocycles. The van der Waals surface area contributed by atoms with Gasteiger partial charge in [-0.25, -0.2) is 4.98 Å². The van der Waals surface area contributed by atoms with E-state index in [1.807, 2.05) is 48.7 Å². The number of nitrogens with zero attached hydrogens (tertiary/aromatic N) is 2. The number of pyridine rings is 1. The van der Waals surface area contributed by atoms with Gasteiger partial charge in [0.05, 0.1) is 0 Å². The molecule has 0 saturated carbocycles. The van der Waals surface area contributed by atoms with Crippen LogP contribution in [0.3, 0.4) is 0 Å². The van der Waals surface area contributed by atoms with Crippen molar-refractivity contribution >= 4 is 39.8 Å². The number of benzene rings is 2. The predicted molar refractivity (Wildman–Crippen MR) is 114 cm³/mol. The van der Waals surface area contributed by atoms with E-state index in [0.29, 0.717) is 0 Å². The molecule has 0 N–H and O–H groups in total. The number of hydrogen-bond donors (Lipinski definition) is 0. The second-order valence-electron chi connectivity index (χ2n) is 6.01. The Kier molecular flexibility index (Phi) is 4.75. The lowest BCUT2D eigenvalue weighted by molar-refractivity contribution is 0.588. The zero-order chi connectivity index (χ0) is 17.9. The minimum atomic E-state index is 0.772. The number of anilines is 3. The molecule has 0 fully saturated rings. The summed E-state index contributed by atoms with van der Waals surface area (Å²) in [6, 6.07) is 26.7. The minimum absolute atomic E-state index is 0.772. The molecule has 0 spiro atoms. The highest BCUT2D eigenvalue weighted by Crippen LogP contribution is 2.37. The topological polar surface area (TPSA) is 29.3 Å². The number of aromatic nitrogens is 1. The molecule has 4 heteroatoms. The van der Waals surface area contributed by atoms with Gasteiger partial charge in [0.15, 0.2) is 0 Å². The van der Waals surface area contributed by atoms with Crippen molar-refractivity contribution in [2.75, 3.05) is 4.90 Å². The van der Waals surface area contributed by atoms with Crippen LogP contribution in [0.2, 0.25) is 0 Å². The summed E-state index contributed by atoms with van der Waals surface area (Å²) in [5.41, 5.74) is 4.31. The molecular weight excluding hydrogens is 435 g/mol. The van der Waals surface area contributed by atoms with Gasteiger partial charge in [0, 0.05) is 29.2 Å². The molecule has 0 amide bonds. The molecule has 4 rings (SSSR count). The predicted octanol–water partition coefficient (Wildman–Crippen LogP) is 6.72. The van der Waals surface area contributed by atoms with Crippen molar-refractivity contribution in [3.05, 3.63) is 94.3 Å². The average molecular weight is 452 g/mol. The number of hydrogen-bond acceptors (Lipinski definition) is 3. The van der Waals surface area contributed by atoms with Gasteiger partial charge < -0.3 is 4.42 Å². The Balaban J connectivity index is 1.77. The summed E-state index contributed by atoms with van der Waals surface area (Å²) in [4.78, 5) is 6.46. The largest absolute Gasteiger partial charge is 0.440 e. The molecule has 0 saturated heterocycles. The van der Waals surface area contributed by atoms with E-state index in [-0.39, 0.29) is 0 Å². The van der Waals surface area contributed by atoms with Crippen LogP contribution in [0.1, 0.15) is 5.56 Å². The fraction of sp³-hybridized carbons (Fsp3) is 0.0455. The molecule has 26 heavy (non-hydrogen) atoms. The first-order valence-corrected chi connectivity index (χ1v) is 9.42. The lowest BCUT2D eigenvalue weighted by atomic mass is 10.2. The standard InChI is InChI=1S/C22H17IN2O/c1-16-7-10-19(11-8-16)25(18-5-3-2-4-6-18)22-14-12-20(26-22)17-9-13-21(23)24-15-17/h2-15H,1H3. The van der Waals surface area contributed by atoms with Crippen molar-refractivity contribution in [1.29, 1.82) is 0 Å². The van der Waals surface area contributed by atoms with Gasteiger partial charge in [-0.3, -0.25) is 4.90 Å². The first-order valence-electron chi connectivity index (χ1n) is 8.34. The summed E-state index contributed by atoms with van der Waals surface area (Å²) in [6.45, 7) is 2.09. The summed E-state index contributed by atoms with van der Waals surface area (Å²) in [5.74, 6) is 1.57. The third-order valence-electron chi connectivity index (χ3n) is 4.13. The highest BCUT2D eigenvalue weighted by Gasteiger charge is 2.16. The van der Waals surface area contributed by atoms with E-state index in [1.165, 1.54) is 5.56 Å². The first-order chi connectivity index (χ1) is 12.7. The maximum Gasteiger partial charge on any atom is 0.205 e. The van der Waals surface area contributed by atoms with E-state index in [4.69, 9.17) is 4.42 Å². The fourth-order valence-electron chi connectivity index (χ4n) is 2.80. The highest BCUT2D eigenvalue weighted by molar-refractivity contribution is 14.1. The quantitative estimate of drug-likeness (QED) is 0.254. The molecule has 0 aliphatic carbocycles. The summed E-state index contributed by atoms with van der Waals surface area (Å²) >= 11 is 2.20. The lowest BCUT2D eigenvalue weighted by Crippen LogP contribution is -2.08. The number of rotatable bonds is 4. The highest BCUT2D eigenvalue weighted by atomic mass is 127. The number of aryl methyl sites for hydroxylation is 1. The van der Waals surface area contributed by atoms with Crippen LogP contribution in [0.4, 0.5) is 17.3 Å². The fourth-order valence-corrected chi connectivity index (χ4v) is 3.12. The van der Waals surface area contributed by atoms with E-state index in [2.05, 4.69) is 75.8 Å². The zero-order valence-corrected chi connectivity index (χ0v) is 16.4. The maximum absolute atomic E-state index is 6.19. The van der Waals surface area contributed by atoms with Gasteiger partial charge in [0.1, 0.15) is 9.46 Å². The van der Waals surface area contributed by atoms with Crippen LogP contribution in [0.5, 0.6) is 0 Å². The summed E-state index contributed by atoms with van der Waals surface area (Å²) in [7, 11) is 0.